The van der Waals surface area contributed by atoms with Crippen molar-refractivity contribution < 1.29 is 71.9 Å². The fraction of sp³-hybridized carbons (Fsp3) is 0.429. The van der Waals surface area contributed by atoms with Crippen molar-refractivity contribution in [3.05, 3.63) is 46.6 Å². The van der Waals surface area contributed by atoms with E-state index >= 15 is 0 Å². The van der Waals surface area contributed by atoms with Crippen molar-refractivity contribution in [1.29, 1.82) is 0 Å². The fourth-order valence-electron chi connectivity index (χ4n) is 2.62. The number of halogens is 12. The summed E-state index contributed by atoms with van der Waals surface area (Å²) in [6.45, 7) is 0. The van der Waals surface area contributed by atoms with E-state index in [0.29, 0.717) is 0 Å². The summed E-state index contributed by atoms with van der Waals surface area (Å²) in [5, 5.41) is 0. The second-order valence-electron chi connectivity index (χ2n) is 6.14. The monoisotopic (exact) mass is 638 g/mol. The van der Waals surface area contributed by atoms with Crippen molar-refractivity contribution in [3.8, 4) is 0 Å². The minimum Gasteiger partial charge on any atom is -0.418 e. The Hall–Kier alpha value is -1.04. The zero-order valence-electron chi connectivity index (χ0n) is 15.2. The number of allylic oxidation sites excluding steroid dienone is 8. The molecule has 0 radical (unpaired) electrons. The first kappa shape index (κ1) is 31.2. The van der Waals surface area contributed by atoms with Crippen molar-refractivity contribution in [2.45, 2.75) is 38.5 Å². The SMILES string of the molecule is C1=C2CCC(=C1)C2.C1=C2CCC(=C1)C2.F[B-](F)(F)F.F[B-](F)(F)F.F[B-](F)(F)F.[Ir+3]. The van der Waals surface area contributed by atoms with Gasteiger partial charge in [-0.25, -0.2) is 0 Å². The summed E-state index contributed by atoms with van der Waals surface area (Å²) in [5.41, 5.74) is 6.59. The van der Waals surface area contributed by atoms with Gasteiger partial charge in [0.15, 0.2) is 0 Å². The molecule has 0 amide bonds. The Balaban J connectivity index is 0. The molecule has 0 aromatic carbocycles. The van der Waals surface area contributed by atoms with Crippen molar-refractivity contribution >= 4 is 21.8 Å². The van der Waals surface area contributed by atoms with E-state index in [2.05, 4.69) is 24.3 Å². The zero-order chi connectivity index (χ0) is 22.9. The average molecular weight is 637 g/mol. The van der Waals surface area contributed by atoms with Gasteiger partial charge < -0.3 is 51.8 Å². The van der Waals surface area contributed by atoms with Crippen LogP contribution in [-0.4, -0.2) is 21.8 Å². The van der Waals surface area contributed by atoms with E-state index in [9.17, 15) is 51.8 Å². The van der Waals surface area contributed by atoms with Crippen LogP contribution in [0.5, 0.6) is 0 Å². The Bertz CT molecular complexity index is 523. The molecule has 4 aliphatic carbocycles. The van der Waals surface area contributed by atoms with E-state index in [-0.39, 0.29) is 20.1 Å². The first-order chi connectivity index (χ1) is 12.9. The van der Waals surface area contributed by atoms with Crippen LogP contribution in [0.2, 0.25) is 0 Å². The molecule has 0 nitrogen and oxygen atoms in total. The van der Waals surface area contributed by atoms with E-state index in [1.807, 2.05) is 0 Å². The quantitative estimate of drug-likeness (QED) is 0.187. The molecule has 0 N–H and O–H groups in total. The van der Waals surface area contributed by atoms with Crippen LogP contribution < -0.4 is 0 Å². The summed E-state index contributed by atoms with van der Waals surface area (Å²) in [6.07, 6.45) is 17.1. The standard InChI is InChI=1S/2C7H8.3BF4.Ir/c2*1-2-7-4-3-6(1)5-7;3*2-1(3,4)5;/h2*1-2H,3-5H2;;;;/q;;3*-1;+3. The molecule has 0 aliphatic heterocycles. The van der Waals surface area contributed by atoms with Crippen molar-refractivity contribution in [2.75, 3.05) is 0 Å². The minimum atomic E-state index is -6.00. The summed E-state index contributed by atoms with van der Waals surface area (Å²) in [5.74, 6) is 0. The molecule has 0 aromatic heterocycles. The first-order valence-corrected chi connectivity index (χ1v) is 8.27. The molecular weight excluding hydrogens is 621 g/mol. The van der Waals surface area contributed by atoms with Gasteiger partial charge in [0.2, 0.25) is 0 Å². The third-order valence-electron chi connectivity index (χ3n) is 3.55. The van der Waals surface area contributed by atoms with Crippen molar-refractivity contribution in [2.24, 2.45) is 0 Å². The van der Waals surface area contributed by atoms with E-state index in [1.54, 1.807) is 22.3 Å². The first-order valence-electron chi connectivity index (χ1n) is 8.27. The van der Waals surface area contributed by atoms with Gasteiger partial charge in [-0.2, -0.15) is 0 Å². The fourth-order valence-corrected chi connectivity index (χ4v) is 2.62. The summed E-state index contributed by atoms with van der Waals surface area (Å²) < 4.78 is 117. The third kappa shape index (κ3) is 25.0. The average Bonchev–Trinajstić information content (AvgIpc) is 3.26. The maximum atomic E-state index is 9.75. The number of hydrogen-bond acceptors (Lipinski definition) is 0. The predicted octanol–water partition coefficient (Wildman–Crippen LogP) is 7.97. The molecule has 16 heteroatoms. The van der Waals surface area contributed by atoms with Crippen LogP contribution in [0.25, 0.3) is 0 Å². The van der Waals surface area contributed by atoms with Crippen LogP contribution >= 0.6 is 0 Å². The number of rotatable bonds is 0. The predicted molar refractivity (Wildman–Crippen MR) is 90.6 cm³/mol. The van der Waals surface area contributed by atoms with Crippen molar-refractivity contribution in [1.82, 2.24) is 0 Å². The maximum absolute atomic E-state index is 9.75. The molecule has 2 saturated carbocycles. The van der Waals surface area contributed by atoms with E-state index in [0.717, 1.165) is 0 Å². The molecule has 30 heavy (non-hydrogen) atoms. The molecule has 0 atom stereocenters. The normalized spacial score (nSPS) is 17.7. The Morgan fingerprint density at radius 1 is 0.400 bits per heavy atom. The van der Waals surface area contributed by atoms with Crippen LogP contribution in [0, 0.1) is 0 Å². The molecule has 174 valence electrons. The second kappa shape index (κ2) is 13.4. The molecule has 4 rings (SSSR count). The minimum absolute atomic E-state index is 0. The van der Waals surface area contributed by atoms with Gasteiger partial charge in [0.1, 0.15) is 0 Å². The molecule has 0 saturated heterocycles. The summed E-state index contributed by atoms with van der Waals surface area (Å²) in [4.78, 5) is 0. The van der Waals surface area contributed by atoms with Gasteiger partial charge in [0.05, 0.1) is 0 Å². The molecule has 0 unspecified atom stereocenters. The van der Waals surface area contributed by atoms with E-state index in [1.165, 1.54) is 38.5 Å². The second-order valence-corrected chi connectivity index (χ2v) is 6.14. The topological polar surface area (TPSA) is 0 Å². The Morgan fingerprint density at radius 2 is 0.533 bits per heavy atom. The van der Waals surface area contributed by atoms with E-state index < -0.39 is 21.8 Å². The molecule has 0 heterocycles. The van der Waals surface area contributed by atoms with Crippen LogP contribution in [0.3, 0.4) is 0 Å². The van der Waals surface area contributed by atoms with Crippen LogP contribution in [0.4, 0.5) is 51.8 Å². The molecule has 0 aromatic rings. The molecule has 4 aliphatic rings. The third-order valence-corrected chi connectivity index (χ3v) is 3.55. The van der Waals surface area contributed by atoms with Gasteiger partial charge in [0.25, 0.3) is 0 Å². The smallest absolute Gasteiger partial charge is 0.418 e. The maximum Gasteiger partial charge on any atom is 3.00 e. The van der Waals surface area contributed by atoms with Gasteiger partial charge in [-0.3, -0.25) is 0 Å². The van der Waals surface area contributed by atoms with Gasteiger partial charge in [0, 0.05) is 0 Å². The van der Waals surface area contributed by atoms with Crippen LogP contribution in [-0.2, 0) is 20.1 Å². The van der Waals surface area contributed by atoms with Gasteiger partial charge >= 0.3 is 41.9 Å². The molecule has 0 spiro atoms. The van der Waals surface area contributed by atoms with Gasteiger partial charge in [-0.05, 0) is 38.5 Å². The number of hydrogen-bond donors (Lipinski definition) is 0. The van der Waals surface area contributed by atoms with Crippen LogP contribution in [0.1, 0.15) is 38.5 Å². The number of fused-ring (bicyclic) bond motifs is 4. The summed E-state index contributed by atoms with van der Waals surface area (Å²) >= 11 is 0. The Morgan fingerprint density at radius 3 is 0.567 bits per heavy atom. The molecule has 4 bridgehead atoms. The summed E-state index contributed by atoms with van der Waals surface area (Å²) in [6, 6.07) is 0. The molecular formula is C14H16B3F12Ir. The Labute approximate surface area is 179 Å². The molecule has 2 fully saturated rings. The zero-order valence-corrected chi connectivity index (χ0v) is 17.5. The van der Waals surface area contributed by atoms with E-state index in [4.69, 9.17) is 0 Å². The largest absolute Gasteiger partial charge is 3.00 e. The van der Waals surface area contributed by atoms with Crippen LogP contribution in [0.15, 0.2) is 46.6 Å². The van der Waals surface area contributed by atoms with Gasteiger partial charge in [-0.1, -0.05) is 46.6 Å². The van der Waals surface area contributed by atoms with Crippen molar-refractivity contribution in [3.63, 3.8) is 0 Å². The van der Waals surface area contributed by atoms with Gasteiger partial charge in [-0.15, -0.1) is 0 Å². The Kier molecular flexibility index (Phi) is 13.9. The summed E-state index contributed by atoms with van der Waals surface area (Å²) in [7, 11) is -18.0.